The van der Waals surface area contributed by atoms with Crippen LogP contribution in [0.2, 0.25) is 0 Å². The van der Waals surface area contributed by atoms with E-state index in [0.717, 1.165) is 57.9 Å². The lowest BCUT2D eigenvalue weighted by molar-refractivity contribution is 0.298. The van der Waals surface area contributed by atoms with Gasteiger partial charge < -0.3 is 25.1 Å². The van der Waals surface area contributed by atoms with Gasteiger partial charge in [0.1, 0.15) is 29.1 Å². The number of aromatic nitrogens is 3. The van der Waals surface area contributed by atoms with Gasteiger partial charge in [-0.25, -0.2) is 9.97 Å². The fraction of sp³-hybridized carbons (Fsp3) is 0.280. The topological polar surface area (TPSA) is 87.2 Å². The maximum absolute atomic E-state index is 6.13. The van der Waals surface area contributed by atoms with Gasteiger partial charge in [-0.1, -0.05) is 6.07 Å². The minimum atomic E-state index is 0.552. The van der Waals surface area contributed by atoms with Crippen molar-refractivity contribution in [3.63, 3.8) is 0 Å². The molecule has 0 amide bonds. The van der Waals surface area contributed by atoms with E-state index in [2.05, 4.69) is 19.9 Å². The van der Waals surface area contributed by atoms with Crippen molar-refractivity contribution in [1.29, 1.82) is 0 Å². The van der Waals surface area contributed by atoms with Crippen molar-refractivity contribution in [3.8, 4) is 17.2 Å². The second-order valence-corrected chi connectivity index (χ2v) is 8.19. The molecule has 7 nitrogen and oxygen atoms in total. The lowest BCUT2D eigenvalue weighted by atomic mass is 10.2. The molecule has 1 aliphatic carbocycles. The van der Waals surface area contributed by atoms with Crippen molar-refractivity contribution < 1.29 is 9.47 Å². The molecule has 32 heavy (non-hydrogen) atoms. The Balaban J connectivity index is 1.32. The molecular formula is C25H27N5O2. The van der Waals surface area contributed by atoms with Gasteiger partial charge in [0.05, 0.1) is 12.1 Å². The summed E-state index contributed by atoms with van der Waals surface area (Å²) >= 11 is 0. The number of ether oxygens (including phenoxy) is 2. The van der Waals surface area contributed by atoms with Crippen molar-refractivity contribution in [2.75, 3.05) is 18.5 Å². The molecule has 1 fully saturated rings. The third-order valence-electron chi connectivity index (χ3n) is 5.57. The Labute approximate surface area is 187 Å². The van der Waals surface area contributed by atoms with E-state index in [9.17, 15) is 0 Å². The number of rotatable bonds is 9. The second kappa shape index (κ2) is 8.88. The van der Waals surface area contributed by atoms with Crippen LogP contribution in [0, 0.1) is 12.8 Å². The molecule has 5 rings (SSSR count). The van der Waals surface area contributed by atoms with Crippen molar-refractivity contribution in [3.05, 3.63) is 66.6 Å². The zero-order valence-corrected chi connectivity index (χ0v) is 18.1. The van der Waals surface area contributed by atoms with Crippen LogP contribution in [0.3, 0.4) is 0 Å². The summed E-state index contributed by atoms with van der Waals surface area (Å²) in [5.41, 5.74) is 9.52. The predicted molar refractivity (Wildman–Crippen MR) is 126 cm³/mol. The molecule has 2 heterocycles. The van der Waals surface area contributed by atoms with E-state index in [1.165, 1.54) is 12.8 Å². The summed E-state index contributed by atoms with van der Waals surface area (Å²) in [4.78, 5) is 8.81. The monoisotopic (exact) mass is 429 g/mol. The fourth-order valence-electron chi connectivity index (χ4n) is 3.68. The highest BCUT2D eigenvalue weighted by atomic mass is 16.5. The van der Waals surface area contributed by atoms with E-state index in [1.807, 2.05) is 61.7 Å². The quantitative estimate of drug-likeness (QED) is 0.388. The van der Waals surface area contributed by atoms with E-state index < -0.39 is 0 Å². The first-order valence-electron chi connectivity index (χ1n) is 11.0. The summed E-state index contributed by atoms with van der Waals surface area (Å²) < 4.78 is 14.1. The molecule has 3 N–H and O–H groups in total. The maximum Gasteiger partial charge on any atom is 0.158 e. The van der Waals surface area contributed by atoms with Gasteiger partial charge in [0, 0.05) is 31.0 Å². The van der Waals surface area contributed by atoms with Gasteiger partial charge in [-0.3, -0.25) is 0 Å². The van der Waals surface area contributed by atoms with Gasteiger partial charge in [-0.05, 0) is 67.6 Å². The molecule has 164 valence electrons. The van der Waals surface area contributed by atoms with Crippen LogP contribution >= 0.6 is 0 Å². The zero-order valence-electron chi connectivity index (χ0n) is 18.1. The van der Waals surface area contributed by atoms with Crippen molar-refractivity contribution in [1.82, 2.24) is 14.5 Å². The second-order valence-electron chi connectivity index (χ2n) is 8.19. The van der Waals surface area contributed by atoms with Crippen molar-refractivity contribution in [2.24, 2.45) is 11.7 Å². The molecule has 2 aromatic carbocycles. The summed E-state index contributed by atoms with van der Waals surface area (Å²) in [5.74, 6) is 3.88. The predicted octanol–water partition coefficient (Wildman–Crippen LogP) is 5.02. The third kappa shape index (κ3) is 4.53. The molecule has 7 heteroatoms. The average Bonchev–Trinajstić information content (AvgIpc) is 3.54. The molecule has 0 spiro atoms. The summed E-state index contributed by atoms with van der Waals surface area (Å²) in [7, 11) is 0. The first kappa shape index (κ1) is 20.3. The number of aryl methyl sites for hydroxylation is 1. The first-order chi connectivity index (χ1) is 15.7. The van der Waals surface area contributed by atoms with Crippen LogP contribution in [0.1, 0.15) is 18.4 Å². The van der Waals surface area contributed by atoms with Crippen LogP contribution < -0.4 is 20.5 Å². The number of nitrogens with two attached hydrogens (primary N) is 1. The lowest BCUT2D eigenvalue weighted by Gasteiger charge is -2.13. The van der Waals surface area contributed by atoms with Gasteiger partial charge in [-0.2, -0.15) is 0 Å². The highest BCUT2D eigenvalue weighted by Crippen LogP contribution is 2.33. The maximum atomic E-state index is 6.13. The van der Waals surface area contributed by atoms with Gasteiger partial charge in [-0.15, -0.1) is 0 Å². The van der Waals surface area contributed by atoms with E-state index in [4.69, 9.17) is 15.2 Å². The summed E-state index contributed by atoms with van der Waals surface area (Å²) in [5, 5.41) is 3.42. The van der Waals surface area contributed by atoms with Crippen LogP contribution in [-0.4, -0.2) is 27.7 Å². The van der Waals surface area contributed by atoms with Crippen molar-refractivity contribution in [2.45, 2.75) is 26.3 Å². The van der Waals surface area contributed by atoms with Crippen LogP contribution in [0.5, 0.6) is 17.2 Å². The van der Waals surface area contributed by atoms with Crippen LogP contribution in [-0.2, 0) is 6.54 Å². The van der Waals surface area contributed by atoms with Gasteiger partial charge in [0.25, 0.3) is 0 Å². The molecule has 0 aliphatic heterocycles. The summed E-state index contributed by atoms with van der Waals surface area (Å²) in [6, 6.07) is 15.8. The molecular weight excluding hydrogens is 402 g/mol. The number of hydrogen-bond donors (Lipinski definition) is 2. The average molecular weight is 430 g/mol. The smallest absolute Gasteiger partial charge is 0.158 e. The molecule has 4 aromatic rings. The van der Waals surface area contributed by atoms with E-state index in [0.29, 0.717) is 13.1 Å². The highest BCUT2D eigenvalue weighted by Gasteiger charge is 2.22. The normalized spacial score (nSPS) is 13.3. The Hall–Kier alpha value is -3.58. The minimum Gasteiger partial charge on any atom is -0.493 e. The molecule has 1 saturated carbocycles. The summed E-state index contributed by atoms with van der Waals surface area (Å²) in [6.45, 7) is 4.07. The van der Waals surface area contributed by atoms with Gasteiger partial charge >= 0.3 is 0 Å². The Kier molecular flexibility index (Phi) is 5.64. The molecule has 0 bridgehead atoms. The number of nitrogens with one attached hydrogen (secondary N) is 1. The van der Waals surface area contributed by atoms with E-state index >= 15 is 0 Å². The molecule has 1 aliphatic rings. The fourth-order valence-corrected chi connectivity index (χ4v) is 3.68. The Morgan fingerprint density at radius 2 is 1.97 bits per heavy atom. The molecule has 2 aromatic heterocycles. The summed E-state index contributed by atoms with van der Waals surface area (Å²) in [6.07, 6.45) is 6.10. The Bertz CT molecular complexity index is 1230. The van der Waals surface area contributed by atoms with E-state index in [-0.39, 0.29) is 0 Å². The first-order valence-corrected chi connectivity index (χ1v) is 11.0. The van der Waals surface area contributed by atoms with Gasteiger partial charge in [0.15, 0.2) is 5.82 Å². The van der Waals surface area contributed by atoms with Crippen molar-refractivity contribution >= 4 is 22.5 Å². The number of hydrogen-bond acceptors (Lipinski definition) is 6. The van der Waals surface area contributed by atoms with Crippen LogP contribution in [0.25, 0.3) is 11.0 Å². The SMILES string of the molecule is Cc1cc(Nc2ncnc3ccn(CCN)c23)ccc1Oc1cccc(OCC2CC2)c1. The number of fused-ring (bicyclic) bond motifs is 1. The third-order valence-corrected chi connectivity index (χ3v) is 5.57. The van der Waals surface area contributed by atoms with Crippen LogP contribution in [0.15, 0.2) is 61.1 Å². The highest BCUT2D eigenvalue weighted by molar-refractivity contribution is 5.88. The number of anilines is 2. The lowest BCUT2D eigenvalue weighted by Crippen LogP contribution is -2.10. The Morgan fingerprint density at radius 3 is 2.78 bits per heavy atom. The molecule has 0 unspecified atom stereocenters. The zero-order chi connectivity index (χ0) is 21.9. The van der Waals surface area contributed by atoms with Gasteiger partial charge in [0.2, 0.25) is 0 Å². The molecule has 0 radical (unpaired) electrons. The minimum absolute atomic E-state index is 0.552. The number of benzene rings is 2. The standard InChI is InChI=1S/C25H27N5O2/c1-17-13-19(29-25-24-22(27-16-28-25)9-11-30(24)12-10-26)7-8-23(17)32-21-4-2-3-20(14-21)31-15-18-5-6-18/h2-4,7-9,11,13-14,16,18H,5-6,10,12,15,26H2,1H3,(H,27,28,29). The number of nitrogens with zero attached hydrogens (tertiary/aromatic N) is 3. The largest absolute Gasteiger partial charge is 0.493 e. The van der Waals surface area contributed by atoms with Crippen LogP contribution in [0.4, 0.5) is 11.5 Å². The molecule has 0 saturated heterocycles. The van der Waals surface area contributed by atoms with E-state index in [1.54, 1.807) is 6.33 Å². The Morgan fingerprint density at radius 1 is 1.09 bits per heavy atom. The molecule has 0 atom stereocenters.